The Labute approximate surface area is 238 Å². The molecule has 0 radical (unpaired) electrons. The summed E-state index contributed by atoms with van der Waals surface area (Å²) < 4.78 is 34.3. The van der Waals surface area contributed by atoms with E-state index in [4.69, 9.17) is 4.74 Å². The third-order valence-corrected chi connectivity index (χ3v) is 8.10. The SMILES string of the molecule is CCOc1ccc(N(CC(=O)N(Cc2ccccc2)[C@H](CC)C(=O)NCC(C)C)S(=O)(=O)c2ccccc2)cc1. The van der Waals surface area contributed by atoms with E-state index in [0.717, 1.165) is 9.87 Å². The van der Waals surface area contributed by atoms with Gasteiger partial charge in [0.2, 0.25) is 11.8 Å². The maximum absolute atomic E-state index is 14.0. The molecule has 0 saturated heterocycles. The Hall–Kier alpha value is -3.85. The molecular formula is C31H39N3O5S. The number of hydrogen-bond donors (Lipinski definition) is 1. The normalized spacial score (nSPS) is 12.0. The van der Waals surface area contributed by atoms with Crippen molar-refractivity contribution in [1.29, 1.82) is 0 Å². The van der Waals surface area contributed by atoms with Crippen LogP contribution < -0.4 is 14.4 Å². The van der Waals surface area contributed by atoms with Crippen molar-refractivity contribution in [3.05, 3.63) is 90.5 Å². The maximum Gasteiger partial charge on any atom is 0.264 e. The largest absolute Gasteiger partial charge is 0.494 e. The van der Waals surface area contributed by atoms with E-state index in [1.807, 2.05) is 58.0 Å². The van der Waals surface area contributed by atoms with Gasteiger partial charge in [0, 0.05) is 13.1 Å². The number of hydrogen-bond acceptors (Lipinski definition) is 5. The van der Waals surface area contributed by atoms with E-state index in [0.29, 0.717) is 31.0 Å². The summed E-state index contributed by atoms with van der Waals surface area (Å²) in [4.78, 5) is 28.8. The molecule has 0 saturated carbocycles. The second-order valence-corrected chi connectivity index (χ2v) is 11.7. The molecule has 0 bridgehead atoms. The van der Waals surface area contributed by atoms with Crippen molar-refractivity contribution >= 4 is 27.5 Å². The van der Waals surface area contributed by atoms with Gasteiger partial charge in [-0.1, -0.05) is 69.3 Å². The number of ether oxygens (including phenoxy) is 1. The van der Waals surface area contributed by atoms with Gasteiger partial charge >= 0.3 is 0 Å². The fourth-order valence-corrected chi connectivity index (χ4v) is 5.68. The molecule has 0 spiro atoms. The number of amides is 2. The average molecular weight is 566 g/mol. The molecule has 3 rings (SSSR count). The van der Waals surface area contributed by atoms with Crippen molar-refractivity contribution in [2.75, 3.05) is 24.0 Å². The zero-order valence-electron chi connectivity index (χ0n) is 23.6. The van der Waals surface area contributed by atoms with Crippen LogP contribution in [0.5, 0.6) is 5.75 Å². The number of carbonyl (C=O) groups is 2. The van der Waals surface area contributed by atoms with Crippen LogP contribution in [0.4, 0.5) is 5.69 Å². The Morgan fingerprint density at radius 1 is 0.875 bits per heavy atom. The molecule has 8 nitrogen and oxygen atoms in total. The Morgan fingerprint density at radius 3 is 2.02 bits per heavy atom. The minimum absolute atomic E-state index is 0.0630. The number of sulfonamides is 1. The summed E-state index contributed by atoms with van der Waals surface area (Å²) in [5.41, 5.74) is 1.15. The van der Waals surface area contributed by atoms with Gasteiger partial charge in [-0.2, -0.15) is 0 Å². The quantitative estimate of drug-likeness (QED) is 0.301. The van der Waals surface area contributed by atoms with Crippen LogP contribution in [0.15, 0.2) is 89.8 Å². The van der Waals surface area contributed by atoms with Crippen molar-refractivity contribution in [1.82, 2.24) is 10.2 Å². The average Bonchev–Trinajstić information content (AvgIpc) is 2.96. The maximum atomic E-state index is 14.0. The highest BCUT2D eigenvalue weighted by Gasteiger charge is 2.33. The second kappa shape index (κ2) is 14.5. The van der Waals surface area contributed by atoms with Gasteiger partial charge in [-0.3, -0.25) is 13.9 Å². The van der Waals surface area contributed by atoms with Crippen LogP contribution in [-0.2, 0) is 26.2 Å². The fourth-order valence-electron chi connectivity index (χ4n) is 4.25. The topological polar surface area (TPSA) is 96.0 Å². The van der Waals surface area contributed by atoms with E-state index < -0.39 is 28.5 Å². The van der Waals surface area contributed by atoms with Gasteiger partial charge in [-0.25, -0.2) is 8.42 Å². The van der Waals surface area contributed by atoms with Crippen LogP contribution in [0.3, 0.4) is 0 Å². The van der Waals surface area contributed by atoms with E-state index in [9.17, 15) is 18.0 Å². The van der Waals surface area contributed by atoms with Crippen LogP contribution in [0.2, 0.25) is 0 Å². The minimum Gasteiger partial charge on any atom is -0.494 e. The highest BCUT2D eigenvalue weighted by Crippen LogP contribution is 2.27. The third kappa shape index (κ3) is 8.08. The van der Waals surface area contributed by atoms with Crippen LogP contribution in [0.25, 0.3) is 0 Å². The number of anilines is 1. The predicted octanol–water partition coefficient (Wildman–Crippen LogP) is 4.86. The van der Waals surface area contributed by atoms with Gasteiger partial charge in [0.15, 0.2) is 0 Å². The summed E-state index contributed by atoms with van der Waals surface area (Å²) in [5.74, 6) is 0.0851. The highest BCUT2D eigenvalue weighted by atomic mass is 32.2. The molecule has 40 heavy (non-hydrogen) atoms. The first-order valence-electron chi connectivity index (χ1n) is 13.6. The van der Waals surface area contributed by atoms with Crippen molar-refractivity contribution < 1.29 is 22.7 Å². The van der Waals surface area contributed by atoms with Crippen LogP contribution in [-0.4, -0.2) is 50.9 Å². The lowest BCUT2D eigenvalue weighted by atomic mass is 10.1. The smallest absolute Gasteiger partial charge is 0.264 e. The number of nitrogens with zero attached hydrogens (tertiary/aromatic N) is 2. The Bertz CT molecular complexity index is 1330. The highest BCUT2D eigenvalue weighted by molar-refractivity contribution is 7.92. The molecule has 0 aliphatic carbocycles. The van der Waals surface area contributed by atoms with Gasteiger partial charge in [0.25, 0.3) is 10.0 Å². The Kier molecular flexibility index (Phi) is 11.1. The molecule has 0 aliphatic heterocycles. The summed E-state index contributed by atoms with van der Waals surface area (Å²) in [6, 6.07) is 23.2. The molecule has 0 fully saturated rings. The van der Waals surface area contributed by atoms with Gasteiger partial charge in [-0.05, 0) is 61.2 Å². The molecule has 0 heterocycles. The van der Waals surface area contributed by atoms with Crippen LogP contribution in [0, 0.1) is 5.92 Å². The molecular weight excluding hydrogens is 526 g/mol. The number of carbonyl (C=O) groups excluding carboxylic acids is 2. The second-order valence-electron chi connectivity index (χ2n) is 9.82. The summed E-state index contributed by atoms with van der Waals surface area (Å²) in [6.45, 7) is 8.33. The molecule has 1 N–H and O–H groups in total. The van der Waals surface area contributed by atoms with Crippen LogP contribution >= 0.6 is 0 Å². The molecule has 3 aromatic carbocycles. The molecule has 0 aromatic heterocycles. The summed E-state index contributed by atoms with van der Waals surface area (Å²) in [5, 5.41) is 2.93. The first-order valence-corrected chi connectivity index (χ1v) is 15.0. The van der Waals surface area contributed by atoms with Gasteiger partial charge in [-0.15, -0.1) is 0 Å². The van der Waals surface area contributed by atoms with Crippen molar-refractivity contribution in [2.24, 2.45) is 5.92 Å². The van der Waals surface area contributed by atoms with E-state index in [2.05, 4.69) is 5.32 Å². The Morgan fingerprint density at radius 2 is 1.48 bits per heavy atom. The van der Waals surface area contributed by atoms with Crippen molar-refractivity contribution in [2.45, 2.75) is 51.6 Å². The van der Waals surface area contributed by atoms with Crippen LogP contribution in [0.1, 0.15) is 39.7 Å². The molecule has 214 valence electrons. The van der Waals surface area contributed by atoms with Gasteiger partial charge < -0.3 is 15.0 Å². The van der Waals surface area contributed by atoms with Gasteiger partial charge in [0.05, 0.1) is 17.2 Å². The molecule has 2 amide bonds. The lowest BCUT2D eigenvalue weighted by Gasteiger charge is -2.33. The predicted molar refractivity (Wildman–Crippen MR) is 158 cm³/mol. The summed E-state index contributed by atoms with van der Waals surface area (Å²) in [7, 11) is -4.11. The lowest BCUT2D eigenvalue weighted by molar-refractivity contribution is -0.140. The molecule has 3 aromatic rings. The number of benzene rings is 3. The number of rotatable bonds is 14. The van der Waals surface area contributed by atoms with Crippen molar-refractivity contribution in [3.8, 4) is 5.75 Å². The number of nitrogens with one attached hydrogen (secondary N) is 1. The fraction of sp³-hybridized carbons (Fsp3) is 0.355. The summed E-state index contributed by atoms with van der Waals surface area (Å²) >= 11 is 0. The molecule has 0 aliphatic rings. The zero-order chi connectivity index (χ0) is 29.1. The first kappa shape index (κ1) is 30.7. The zero-order valence-corrected chi connectivity index (χ0v) is 24.4. The monoisotopic (exact) mass is 565 g/mol. The summed E-state index contributed by atoms with van der Waals surface area (Å²) in [6.07, 6.45) is 0.372. The molecule has 9 heteroatoms. The first-order chi connectivity index (χ1) is 19.2. The third-order valence-electron chi connectivity index (χ3n) is 6.31. The minimum atomic E-state index is -4.11. The standard InChI is InChI=1S/C31H39N3O5S/c1-5-29(31(36)32-21-24(3)4)33(22-25-13-9-7-10-14-25)30(35)23-34(26-17-19-27(20-18-26)39-6-2)40(37,38)28-15-11-8-12-16-28/h7-20,24,29H,5-6,21-23H2,1-4H3,(H,32,36)/t29-/m1/s1. The Balaban J connectivity index is 2.02. The van der Waals surface area contributed by atoms with E-state index >= 15 is 0 Å². The van der Waals surface area contributed by atoms with E-state index in [-0.39, 0.29) is 23.3 Å². The molecule has 1 atom stereocenters. The van der Waals surface area contributed by atoms with Crippen molar-refractivity contribution in [3.63, 3.8) is 0 Å². The molecule has 0 unspecified atom stereocenters. The van der Waals surface area contributed by atoms with Gasteiger partial charge in [0.1, 0.15) is 18.3 Å². The van der Waals surface area contributed by atoms with E-state index in [1.165, 1.54) is 17.0 Å². The lowest BCUT2D eigenvalue weighted by Crippen LogP contribution is -2.52. The van der Waals surface area contributed by atoms with E-state index in [1.54, 1.807) is 42.5 Å².